The fraction of sp³-hybridized carbons (Fsp3) is 0.357. The smallest absolute Gasteiger partial charge is 0.0717 e. The molecule has 2 aliphatic rings. The van der Waals surface area contributed by atoms with Crippen molar-refractivity contribution in [2.24, 2.45) is 0 Å². The van der Waals surface area contributed by atoms with Crippen LogP contribution in [0, 0.1) is 0 Å². The molecular weight excluding hydrogens is 366 g/mol. The largest absolute Gasteiger partial charge is 0.389 e. The van der Waals surface area contributed by atoms with E-state index < -0.39 is 5.60 Å². The molecule has 0 spiro atoms. The Morgan fingerprint density at radius 1 is 0.700 bits per heavy atom. The van der Waals surface area contributed by atoms with Gasteiger partial charge in [-0.2, -0.15) is 0 Å². The number of rotatable bonds is 5. The highest BCUT2D eigenvalue weighted by atomic mass is 16.3. The molecule has 3 aromatic carbocycles. The van der Waals surface area contributed by atoms with Crippen molar-refractivity contribution in [3.05, 3.63) is 96.1 Å². The maximum Gasteiger partial charge on any atom is 0.0717 e. The minimum absolute atomic E-state index is 0.492. The van der Waals surface area contributed by atoms with Crippen LogP contribution in [0.3, 0.4) is 0 Å². The van der Waals surface area contributed by atoms with Crippen molar-refractivity contribution in [1.82, 2.24) is 4.90 Å². The average molecular weight is 398 g/mol. The number of hydrogen-bond donors (Lipinski definition) is 1. The van der Waals surface area contributed by atoms with Crippen LogP contribution in [0.1, 0.15) is 43.2 Å². The second kappa shape index (κ2) is 8.37. The lowest BCUT2D eigenvalue weighted by molar-refractivity contribution is -0.0946. The van der Waals surface area contributed by atoms with Crippen molar-refractivity contribution < 1.29 is 5.11 Å². The molecule has 0 radical (unpaired) electrons. The van der Waals surface area contributed by atoms with Gasteiger partial charge in [-0.1, -0.05) is 91.3 Å². The topological polar surface area (TPSA) is 23.5 Å². The number of piperidine rings is 2. The summed E-state index contributed by atoms with van der Waals surface area (Å²) in [6.07, 6.45) is 6.24. The zero-order valence-corrected chi connectivity index (χ0v) is 17.6. The van der Waals surface area contributed by atoms with Gasteiger partial charge in [0.2, 0.25) is 0 Å². The Hall–Kier alpha value is -2.42. The summed E-state index contributed by atoms with van der Waals surface area (Å²) < 4.78 is 0. The Morgan fingerprint density at radius 2 is 1.27 bits per heavy atom. The van der Waals surface area contributed by atoms with Gasteiger partial charge in [0.05, 0.1) is 5.60 Å². The molecule has 2 heterocycles. The highest BCUT2D eigenvalue weighted by molar-refractivity contribution is 5.63. The van der Waals surface area contributed by atoms with Crippen LogP contribution in [0.15, 0.2) is 84.9 Å². The van der Waals surface area contributed by atoms with Crippen LogP contribution in [0.4, 0.5) is 0 Å². The number of hydrogen-bond acceptors (Lipinski definition) is 2. The van der Waals surface area contributed by atoms with E-state index in [0.29, 0.717) is 12.1 Å². The Morgan fingerprint density at radius 3 is 1.90 bits per heavy atom. The Labute approximate surface area is 180 Å². The standard InChI is InChI=1S/C28H31NO/c30-28(18-22-14-16-25(17-15-22)24-10-5-2-6-11-24)19-26-12-7-13-27(20-28)29(26)21-23-8-3-1-4-9-23/h1-6,8-11,14-17,26-27,30H,7,12-13,18-21H2. The van der Waals surface area contributed by atoms with Gasteiger partial charge >= 0.3 is 0 Å². The minimum Gasteiger partial charge on any atom is -0.389 e. The van der Waals surface area contributed by atoms with Gasteiger partial charge < -0.3 is 5.11 Å². The number of aliphatic hydroxyl groups is 1. The summed E-state index contributed by atoms with van der Waals surface area (Å²) >= 11 is 0. The van der Waals surface area contributed by atoms with E-state index >= 15 is 0 Å². The Kier molecular flexibility index (Phi) is 5.45. The first-order valence-corrected chi connectivity index (χ1v) is 11.3. The molecule has 5 rings (SSSR count). The summed E-state index contributed by atoms with van der Waals surface area (Å²) in [7, 11) is 0. The molecule has 0 aromatic heterocycles. The number of nitrogens with zero attached hydrogens (tertiary/aromatic N) is 1. The van der Waals surface area contributed by atoms with Gasteiger partial charge in [-0.15, -0.1) is 0 Å². The maximum atomic E-state index is 11.6. The normalized spacial score (nSPS) is 26.4. The molecule has 154 valence electrons. The van der Waals surface area contributed by atoms with Gasteiger partial charge in [0.25, 0.3) is 0 Å². The molecule has 30 heavy (non-hydrogen) atoms. The minimum atomic E-state index is -0.586. The quantitative estimate of drug-likeness (QED) is 0.584. The molecule has 0 saturated carbocycles. The second-order valence-electron chi connectivity index (χ2n) is 9.27. The van der Waals surface area contributed by atoms with E-state index in [1.54, 1.807) is 0 Å². The van der Waals surface area contributed by atoms with E-state index in [9.17, 15) is 5.11 Å². The van der Waals surface area contributed by atoms with Crippen LogP contribution >= 0.6 is 0 Å². The Bertz CT molecular complexity index is 937. The molecule has 2 atom stereocenters. The summed E-state index contributed by atoms with van der Waals surface area (Å²) in [5.41, 5.74) is 4.52. The molecule has 0 amide bonds. The van der Waals surface area contributed by atoms with Crippen molar-refractivity contribution in [3.63, 3.8) is 0 Å². The second-order valence-corrected chi connectivity index (χ2v) is 9.27. The molecule has 0 aliphatic carbocycles. The lowest BCUT2D eigenvalue weighted by Crippen LogP contribution is -2.58. The molecule has 3 aromatic rings. The zero-order valence-electron chi connectivity index (χ0n) is 17.6. The van der Waals surface area contributed by atoms with Gasteiger partial charge in [-0.3, -0.25) is 4.90 Å². The summed E-state index contributed by atoms with van der Waals surface area (Å²) in [4.78, 5) is 2.67. The van der Waals surface area contributed by atoms with E-state index in [1.165, 1.54) is 41.5 Å². The van der Waals surface area contributed by atoms with Crippen molar-refractivity contribution in [1.29, 1.82) is 0 Å². The molecule has 1 N–H and O–H groups in total. The number of benzene rings is 3. The summed E-state index contributed by atoms with van der Waals surface area (Å²) in [6, 6.07) is 31.1. The summed E-state index contributed by atoms with van der Waals surface area (Å²) in [5, 5.41) is 11.6. The molecule has 2 bridgehead atoms. The predicted molar refractivity (Wildman–Crippen MR) is 123 cm³/mol. The van der Waals surface area contributed by atoms with Crippen molar-refractivity contribution in [3.8, 4) is 11.1 Å². The SMILES string of the molecule is OC1(Cc2ccc(-c3ccccc3)cc2)CC2CCCC(C1)N2Cc1ccccc1. The van der Waals surface area contributed by atoms with E-state index in [4.69, 9.17) is 0 Å². The van der Waals surface area contributed by atoms with Gasteiger partial charge in [0, 0.05) is 25.0 Å². The van der Waals surface area contributed by atoms with E-state index in [0.717, 1.165) is 25.8 Å². The fourth-order valence-electron chi connectivity index (χ4n) is 5.64. The van der Waals surface area contributed by atoms with Gasteiger partial charge in [-0.05, 0) is 47.9 Å². The van der Waals surface area contributed by atoms with Crippen molar-refractivity contribution in [2.45, 2.75) is 62.8 Å². The van der Waals surface area contributed by atoms with Gasteiger partial charge in [0.1, 0.15) is 0 Å². The van der Waals surface area contributed by atoms with Crippen LogP contribution in [0.2, 0.25) is 0 Å². The van der Waals surface area contributed by atoms with Crippen molar-refractivity contribution in [2.75, 3.05) is 0 Å². The molecule has 2 fully saturated rings. The molecule has 2 heteroatoms. The first-order valence-electron chi connectivity index (χ1n) is 11.3. The van der Waals surface area contributed by atoms with E-state index in [2.05, 4.69) is 89.8 Å². The highest BCUT2D eigenvalue weighted by Crippen LogP contribution is 2.41. The molecule has 2 saturated heterocycles. The first-order chi connectivity index (χ1) is 14.7. The molecule has 2 nitrogen and oxygen atoms in total. The van der Waals surface area contributed by atoms with Crippen LogP contribution in [0.5, 0.6) is 0 Å². The Balaban J connectivity index is 1.29. The predicted octanol–water partition coefficient (Wildman–Crippen LogP) is 5.84. The lowest BCUT2D eigenvalue weighted by Gasteiger charge is -2.52. The van der Waals surface area contributed by atoms with Gasteiger partial charge in [0.15, 0.2) is 0 Å². The lowest BCUT2D eigenvalue weighted by atomic mass is 9.73. The molecule has 2 unspecified atom stereocenters. The van der Waals surface area contributed by atoms with Gasteiger partial charge in [-0.25, -0.2) is 0 Å². The molecular formula is C28H31NO. The highest BCUT2D eigenvalue weighted by Gasteiger charge is 2.45. The fourth-order valence-corrected chi connectivity index (χ4v) is 5.64. The number of fused-ring (bicyclic) bond motifs is 2. The third-order valence-corrected chi connectivity index (χ3v) is 7.05. The van der Waals surface area contributed by atoms with Crippen LogP contribution < -0.4 is 0 Å². The third kappa shape index (κ3) is 4.21. The van der Waals surface area contributed by atoms with Crippen LogP contribution in [-0.4, -0.2) is 27.7 Å². The van der Waals surface area contributed by atoms with Crippen LogP contribution in [-0.2, 0) is 13.0 Å². The first kappa shape index (κ1) is 19.5. The molecule has 2 aliphatic heterocycles. The van der Waals surface area contributed by atoms with E-state index in [1.807, 2.05) is 0 Å². The van der Waals surface area contributed by atoms with Crippen molar-refractivity contribution >= 4 is 0 Å². The summed E-state index contributed by atoms with van der Waals surface area (Å²) in [6.45, 7) is 1.01. The zero-order chi connectivity index (χ0) is 20.4. The maximum absolute atomic E-state index is 11.6. The van der Waals surface area contributed by atoms with E-state index in [-0.39, 0.29) is 0 Å². The monoisotopic (exact) mass is 397 g/mol. The summed E-state index contributed by atoms with van der Waals surface area (Å²) in [5.74, 6) is 0. The van der Waals surface area contributed by atoms with Crippen LogP contribution in [0.25, 0.3) is 11.1 Å². The average Bonchev–Trinajstić information content (AvgIpc) is 2.76. The third-order valence-electron chi connectivity index (χ3n) is 7.05.